The standard InChI is InChI=1S/C13H22N6.HI/c1-9-15-12-11(7-4-8-19(12)18-9)17-13(14-2)16-10-5-3-6-10;/h10-11H,3-8H2,1-2H3,(H2,14,16,17);1H. The van der Waals surface area contributed by atoms with E-state index in [0.717, 1.165) is 37.0 Å². The average molecular weight is 390 g/mol. The van der Waals surface area contributed by atoms with Crippen LogP contribution in [0, 0.1) is 6.92 Å². The first-order valence-corrected chi connectivity index (χ1v) is 7.17. The highest BCUT2D eigenvalue weighted by molar-refractivity contribution is 14.0. The molecule has 7 heteroatoms. The summed E-state index contributed by atoms with van der Waals surface area (Å²) < 4.78 is 2.02. The van der Waals surface area contributed by atoms with Gasteiger partial charge in [0.2, 0.25) is 0 Å². The van der Waals surface area contributed by atoms with E-state index in [1.807, 2.05) is 18.7 Å². The van der Waals surface area contributed by atoms with Crippen LogP contribution in [0.15, 0.2) is 4.99 Å². The topological polar surface area (TPSA) is 67.1 Å². The van der Waals surface area contributed by atoms with Gasteiger partial charge in [-0.25, -0.2) is 9.67 Å². The number of guanidine groups is 1. The Hall–Kier alpha value is -0.860. The highest BCUT2D eigenvalue weighted by Crippen LogP contribution is 2.23. The third-order valence-corrected chi connectivity index (χ3v) is 3.96. The van der Waals surface area contributed by atoms with E-state index in [-0.39, 0.29) is 30.0 Å². The van der Waals surface area contributed by atoms with E-state index in [0.29, 0.717) is 6.04 Å². The van der Waals surface area contributed by atoms with Crippen molar-refractivity contribution in [3.8, 4) is 0 Å². The van der Waals surface area contributed by atoms with E-state index in [9.17, 15) is 0 Å². The first kappa shape index (κ1) is 15.5. The fourth-order valence-corrected chi connectivity index (χ4v) is 2.69. The zero-order valence-corrected chi connectivity index (χ0v) is 14.4. The van der Waals surface area contributed by atoms with E-state index < -0.39 is 0 Å². The summed E-state index contributed by atoms with van der Waals surface area (Å²) in [4.78, 5) is 8.86. The fourth-order valence-electron chi connectivity index (χ4n) is 2.69. The summed E-state index contributed by atoms with van der Waals surface area (Å²) >= 11 is 0. The van der Waals surface area contributed by atoms with Crippen LogP contribution in [0.1, 0.15) is 49.8 Å². The summed E-state index contributed by atoms with van der Waals surface area (Å²) in [6.45, 7) is 2.92. The normalized spacial score (nSPS) is 22.5. The number of hydrogen-bond donors (Lipinski definition) is 2. The highest BCUT2D eigenvalue weighted by Gasteiger charge is 2.25. The number of aryl methyl sites for hydroxylation is 2. The Morgan fingerprint density at radius 1 is 1.25 bits per heavy atom. The molecule has 1 aliphatic heterocycles. The molecule has 3 rings (SSSR count). The molecule has 1 aliphatic carbocycles. The van der Waals surface area contributed by atoms with Gasteiger partial charge in [0.05, 0.1) is 6.04 Å². The second-order valence-electron chi connectivity index (χ2n) is 5.42. The lowest BCUT2D eigenvalue weighted by molar-refractivity contribution is 0.366. The van der Waals surface area contributed by atoms with Crippen LogP contribution in [0.5, 0.6) is 0 Å². The van der Waals surface area contributed by atoms with Gasteiger partial charge >= 0.3 is 0 Å². The third kappa shape index (κ3) is 3.24. The van der Waals surface area contributed by atoms with Crippen molar-refractivity contribution in [1.82, 2.24) is 25.4 Å². The Kier molecular flexibility index (Phi) is 5.22. The monoisotopic (exact) mass is 390 g/mol. The first-order chi connectivity index (χ1) is 9.26. The molecule has 0 bridgehead atoms. The Morgan fingerprint density at radius 2 is 2.05 bits per heavy atom. The predicted molar refractivity (Wildman–Crippen MR) is 89.4 cm³/mol. The van der Waals surface area contributed by atoms with Gasteiger partial charge in [0.15, 0.2) is 5.96 Å². The molecule has 112 valence electrons. The molecule has 2 N–H and O–H groups in total. The lowest BCUT2D eigenvalue weighted by atomic mass is 9.93. The van der Waals surface area contributed by atoms with Crippen molar-refractivity contribution >= 4 is 29.9 Å². The summed E-state index contributed by atoms with van der Waals surface area (Å²) in [5, 5.41) is 11.4. The van der Waals surface area contributed by atoms with E-state index in [1.54, 1.807) is 0 Å². The number of halogens is 1. The lowest BCUT2D eigenvalue weighted by Crippen LogP contribution is -2.48. The number of fused-ring (bicyclic) bond motifs is 1. The molecule has 0 saturated heterocycles. The lowest BCUT2D eigenvalue weighted by Gasteiger charge is -2.31. The first-order valence-electron chi connectivity index (χ1n) is 7.17. The highest BCUT2D eigenvalue weighted by atomic mass is 127. The molecule has 2 heterocycles. The van der Waals surface area contributed by atoms with E-state index in [2.05, 4.69) is 25.7 Å². The Morgan fingerprint density at radius 3 is 2.70 bits per heavy atom. The molecule has 0 radical (unpaired) electrons. The van der Waals surface area contributed by atoms with Gasteiger partial charge in [-0.05, 0) is 39.0 Å². The molecule has 1 aromatic heterocycles. The number of nitrogens with zero attached hydrogens (tertiary/aromatic N) is 4. The zero-order chi connectivity index (χ0) is 13.2. The van der Waals surface area contributed by atoms with Gasteiger partial charge in [0.25, 0.3) is 0 Å². The van der Waals surface area contributed by atoms with Gasteiger partial charge in [0.1, 0.15) is 11.6 Å². The van der Waals surface area contributed by atoms with Crippen molar-refractivity contribution in [3.63, 3.8) is 0 Å². The van der Waals surface area contributed by atoms with Crippen molar-refractivity contribution in [1.29, 1.82) is 0 Å². The molecule has 1 unspecified atom stereocenters. The number of nitrogens with one attached hydrogen (secondary N) is 2. The van der Waals surface area contributed by atoms with Crippen LogP contribution in [0.2, 0.25) is 0 Å². The summed E-state index contributed by atoms with van der Waals surface area (Å²) in [5.41, 5.74) is 0. The smallest absolute Gasteiger partial charge is 0.191 e. The molecule has 0 aromatic carbocycles. The minimum absolute atomic E-state index is 0. The molecule has 6 nitrogen and oxygen atoms in total. The second-order valence-corrected chi connectivity index (χ2v) is 5.42. The van der Waals surface area contributed by atoms with Crippen LogP contribution in [0.4, 0.5) is 0 Å². The maximum Gasteiger partial charge on any atom is 0.191 e. The van der Waals surface area contributed by atoms with Crippen LogP contribution in [-0.2, 0) is 6.54 Å². The summed E-state index contributed by atoms with van der Waals surface area (Å²) in [7, 11) is 1.83. The molecule has 2 aliphatic rings. The van der Waals surface area contributed by atoms with Crippen molar-refractivity contribution in [2.24, 2.45) is 4.99 Å². The molecular weight excluding hydrogens is 367 g/mol. The predicted octanol–water partition coefficient (Wildman–Crippen LogP) is 1.76. The third-order valence-electron chi connectivity index (χ3n) is 3.96. The summed E-state index contributed by atoms with van der Waals surface area (Å²) in [6, 6.07) is 0.815. The Bertz CT molecular complexity index is 479. The Labute approximate surface area is 136 Å². The molecule has 1 fully saturated rings. The number of rotatable bonds is 2. The summed E-state index contributed by atoms with van der Waals surface area (Å²) in [5.74, 6) is 2.79. The molecule has 1 aromatic rings. The van der Waals surface area contributed by atoms with E-state index in [1.165, 1.54) is 19.3 Å². The second kappa shape index (κ2) is 6.73. The van der Waals surface area contributed by atoms with Crippen molar-refractivity contribution < 1.29 is 0 Å². The largest absolute Gasteiger partial charge is 0.354 e. The SMILES string of the molecule is CN=C(NC1CCC1)NC1CCCn2nc(C)nc21.I. The van der Waals surface area contributed by atoms with Crippen LogP contribution in [0.3, 0.4) is 0 Å². The number of hydrogen-bond acceptors (Lipinski definition) is 3. The van der Waals surface area contributed by atoms with Crippen LogP contribution < -0.4 is 10.6 Å². The zero-order valence-electron chi connectivity index (χ0n) is 12.1. The quantitative estimate of drug-likeness (QED) is 0.459. The number of aromatic nitrogens is 3. The molecule has 1 atom stereocenters. The van der Waals surface area contributed by atoms with Gasteiger partial charge in [-0.1, -0.05) is 0 Å². The van der Waals surface area contributed by atoms with Crippen molar-refractivity contribution in [2.45, 2.75) is 57.7 Å². The maximum absolute atomic E-state index is 4.54. The maximum atomic E-state index is 4.54. The van der Waals surface area contributed by atoms with Crippen molar-refractivity contribution in [2.75, 3.05) is 7.05 Å². The van der Waals surface area contributed by atoms with Crippen LogP contribution >= 0.6 is 24.0 Å². The van der Waals surface area contributed by atoms with E-state index >= 15 is 0 Å². The molecule has 1 saturated carbocycles. The molecular formula is C13H23IN6. The molecule has 20 heavy (non-hydrogen) atoms. The fraction of sp³-hybridized carbons (Fsp3) is 0.769. The molecule has 0 spiro atoms. The van der Waals surface area contributed by atoms with E-state index in [4.69, 9.17) is 0 Å². The summed E-state index contributed by atoms with van der Waals surface area (Å²) in [6.07, 6.45) is 6.05. The van der Waals surface area contributed by atoms with Gasteiger partial charge < -0.3 is 10.6 Å². The minimum atomic E-state index is 0. The van der Waals surface area contributed by atoms with Gasteiger partial charge in [-0.3, -0.25) is 4.99 Å². The minimum Gasteiger partial charge on any atom is -0.354 e. The average Bonchev–Trinajstić information content (AvgIpc) is 2.73. The van der Waals surface area contributed by atoms with Gasteiger partial charge in [-0.2, -0.15) is 5.10 Å². The van der Waals surface area contributed by atoms with Gasteiger partial charge in [-0.15, -0.1) is 24.0 Å². The molecule has 0 amide bonds. The van der Waals surface area contributed by atoms with Crippen LogP contribution in [0.25, 0.3) is 0 Å². The Balaban J connectivity index is 0.00000147. The number of aliphatic imine (C=N–C) groups is 1. The van der Waals surface area contributed by atoms with Gasteiger partial charge in [0, 0.05) is 19.6 Å². The van der Waals surface area contributed by atoms with Crippen LogP contribution in [-0.4, -0.2) is 33.8 Å². The van der Waals surface area contributed by atoms with Crippen molar-refractivity contribution in [3.05, 3.63) is 11.6 Å².